The maximum atomic E-state index is 13.5. The highest BCUT2D eigenvalue weighted by Gasteiger charge is 2.25. The monoisotopic (exact) mass is 283 g/mol. The molecular formula is C14H18FNO2S. The Kier molecular flexibility index (Phi) is 4.82. The molecule has 1 heterocycles. The van der Waals surface area contributed by atoms with Crippen molar-refractivity contribution in [3.8, 4) is 0 Å². The van der Waals surface area contributed by atoms with Crippen molar-refractivity contribution < 1.29 is 14.3 Å². The second-order valence-electron chi connectivity index (χ2n) is 4.88. The number of nitrogens with zero attached hydrogens (tertiary/aromatic N) is 1. The van der Waals surface area contributed by atoms with Gasteiger partial charge in [-0.15, -0.1) is 0 Å². The van der Waals surface area contributed by atoms with Crippen LogP contribution in [-0.2, 0) is 11.3 Å². The highest BCUT2D eigenvalue weighted by atomic mass is 32.2. The van der Waals surface area contributed by atoms with Gasteiger partial charge in [0.15, 0.2) is 0 Å². The number of carbonyl (C=O) groups is 1. The number of hydrogen-bond donors (Lipinski definition) is 1. The topological polar surface area (TPSA) is 40.5 Å². The second kappa shape index (κ2) is 6.39. The van der Waals surface area contributed by atoms with Crippen LogP contribution in [0.25, 0.3) is 0 Å². The zero-order valence-corrected chi connectivity index (χ0v) is 11.8. The quantitative estimate of drug-likeness (QED) is 0.922. The average molecular weight is 283 g/mol. The number of thioether (sulfide) groups is 1. The normalized spacial score (nSPS) is 20.4. The van der Waals surface area contributed by atoms with Gasteiger partial charge in [0, 0.05) is 30.6 Å². The van der Waals surface area contributed by atoms with Crippen LogP contribution in [0.5, 0.6) is 0 Å². The Morgan fingerprint density at radius 1 is 1.58 bits per heavy atom. The summed E-state index contributed by atoms with van der Waals surface area (Å²) in [6.07, 6.45) is 0.154. The van der Waals surface area contributed by atoms with Crippen LogP contribution in [-0.4, -0.2) is 40.1 Å². The fraction of sp³-hybridized carbons (Fsp3) is 0.500. The van der Waals surface area contributed by atoms with E-state index in [-0.39, 0.29) is 18.3 Å². The van der Waals surface area contributed by atoms with E-state index >= 15 is 0 Å². The number of halogens is 1. The Bertz CT molecular complexity index is 467. The molecule has 1 N–H and O–H groups in total. The molecule has 1 aromatic rings. The van der Waals surface area contributed by atoms with Gasteiger partial charge in [0.25, 0.3) is 0 Å². The number of aliphatic carboxylic acids is 1. The Labute approximate surface area is 116 Å². The molecule has 2 rings (SSSR count). The highest BCUT2D eigenvalue weighted by Crippen LogP contribution is 2.22. The minimum Gasteiger partial charge on any atom is -0.481 e. The third-order valence-electron chi connectivity index (χ3n) is 3.38. The molecule has 0 aliphatic carbocycles. The summed E-state index contributed by atoms with van der Waals surface area (Å²) in [5.74, 6) is 0.872. The maximum Gasteiger partial charge on any atom is 0.304 e. The molecule has 1 aromatic carbocycles. The summed E-state index contributed by atoms with van der Waals surface area (Å²) in [4.78, 5) is 13.0. The van der Waals surface area contributed by atoms with Crippen molar-refractivity contribution in [2.45, 2.75) is 25.9 Å². The van der Waals surface area contributed by atoms with Crippen LogP contribution >= 0.6 is 11.8 Å². The third kappa shape index (κ3) is 3.94. The number of carboxylic acids is 1. The predicted molar refractivity (Wildman–Crippen MR) is 74.9 cm³/mol. The summed E-state index contributed by atoms with van der Waals surface area (Å²) >= 11 is 1.79. The van der Waals surface area contributed by atoms with Crippen LogP contribution in [0.4, 0.5) is 4.39 Å². The number of rotatable bonds is 4. The summed E-state index contributed by atoms with van der Waals surface area (Å²) < 4.78 is 13.5. The molecule has 1 unspecified atom stereocenters. The van der Waals surface area contributed by atoms with Gasteiger partial charge < -0.3 is 5.11 Å². The molecule has 1 aliphatic heterocycles. The van der Waals surface area contributed by atoms with Crippen molar-refractivity contribution in [3.05, 3.63) is 35.1 Å². The van der Waals surface area contributed by atoms with Crippen LogP contribution in [0.3, 0.4) is 0 Å². The van der Waals surface area contributed by atoms with Crippen molar-refractivity contribution >= 4 is 17.7 Å². The van der Waals surface area contributed by atoms with Gasteiger partial charge in [-0.1, -0.05) is 12.1 Å². The van der Waals surface area contributed by atoms with E-state index in [0.29, 0.717) is 12.1 Å². The number of aryl methyl sites for hydroxylation is 1. The van der Waals surface area contributed by atoms with Crippen LogP contribution in [0.1, 0.15) is 17.5 Å². The summed E-state index contributed by atoms with van der Waals surface area (Å²) in [5.41, 5.74) is 1.55. The Morgan fingerprint density at radius 3 is 3.05 bits per heavy atom. The molecule has 104 valence electrons. The van der Waals surface area contributed by atoms with Crippen molar-refractivity contribution in [1.29, 1.82) is 0 Å². The predicted octanol–water partition coefficient (Wildman–Crippen LogP) is 2.53. The molecule has 19 heavy (non-hydrogen) atoms. The lowest BCUT2D eigenvalue weighted by Crippen LogP contribution is -2.42. The molecular weight excluding hydrogens is 265 g/mol. The SMILES string of the molecule is Cc1ccc(CN2CCSCC2CC(=O)O)cc1F. The van der Waals surface area contributed by atoms with E-state index in [0.717, 1.165) is 23.6 Å². The van der Waals surface area contributed by atoms with E-state index in [1.54, 1.807) is 30.8 Å². The standard InChI is InChI=1S/C14H18FNO2S/c1-10-2-3-11(6-13(10)15)8-16-4-5-19-9-12(16)7-14(17)18/h2-3,6,12H,4-5,7-9H2,1H3,(H,17,18). The Hall–Kier alpha value is -1.07. The molecule has 0 aromatic heterocycles. The molecule has 0 saturated carbocycles. The fourth-order valence-electron chi connectivity index (χ4n) is 2.26. The summed E-state index contributed by atoms with van der Waals surface area (Å²) in [6.45, 7) is 3.22. The molecule has 1 aliphatic rings. The molecule has 0 amide bonds. The smallest absolute Gasteiger partial charge is 0.304 e. The average Bonchev–Trinajstić information content (AvgIpc) is 2.36. The van der Waals surface area contributed by atoms with Gasteiger partial charge in [-0.05, 0) is 24.1 Å². The first kappa shape index (κ1) is 14.3. The van der Waals surface area contributed by atoms with Crippen LogP contribution in [0.2, 0.25) is 0 Å². The van der Waals surface area contributed by atoms with E-state index in [9.17, 15) is 9.18 Å². The molecule has 1 fully saturated rings. The van der Waals surface area contributed by atoms with Crippen molar-refractivity contribution in [2.75, 3.05) is 18.1 Å². The summed E-state index contributed by atoms with van der Waals surface area (Å²) in [6, 6.07) is 5.28. The van der Waals surface area contributed by atoms with Gasteiger partial charge in [0.1, 0.15) is 5.82 Å². The Balaban J connectivity index is 2.06. The fourth-order valence-corrected chi connectivity index (χ4v) is 3.39. The zero-order valence-electron chi connectivity index (χ0n) is 10.9. The van der Waals surface area contributed by atoms with E-state index in [1.165, 1.54) is 0 Å². The molecule has 0 spiro atoms. The largest absolute Gasteiger partial charge is 0.481 e. The van der Waals surface area contributed by atoms with E-state index < -0.39 is 5.97 Å². The first-order valence-corrected chi connectivity index (χ1v) is 7.50. The van der Waals surface area contributed by atoms with Crippen LogP contribution < -0.4 is 0 Å². The first-order chi connectivity index (χ1) is 9.06. The lowest BCUT2D eigenvalue weighted by Gasteiger charge is -2.34. The molecule has 5 heteroatoms. The maximum absolute atomic E-state index is 13.5. The highest BCUT2D eigenvalue weighted by molar-refractivity contribution is 7.99. The summed E-state index contributed by atoms with van der Waals surface area (Å²) in [5, 5.41) is 8.93. The molecule has 0 radical (unpaired) electrons. The van der Waals surface area contributed by atoms with Crippen molar-refractivity contribution in [2.24, 2.45) is 0 Å². The minimum atomic E-state index is -0.771. The third-order valence-corrected chi connectivity index (χ3v) is 4.47. The van der Waals surface area contributed by atoms with Gasteiger partial charge in [0.2, 0.25) is 0 Å². The number of carboxylic acid groups (broad SMARTS) is 1. The first-order valence-electron chi connectivity index (χ1n) is 6.35. The van der Waals surface area contributed by atoms with E-state index in [1.807, 2.05) is 6.07 Å². The van der Waals surface area contributed by atoms with Gasteiger partial charge >= 0.3 is 5.97 Å². The summed E-state index contributed by atoms with van der Waals surface area (Å²) in [7, 11) is 0. The van der Waals surface area contributed by atoms with Crippen LogP contribution in [0.15, 0.2) is 18.2 Å². The van der Waals surface area contributed by atoms with E-state index in [4.69, 9.17) is 5.11 Å². The Morgan fingerprint density at radius 2 is 2.37 bits per heavy atom. The van der Waals surface area contributed by atoms with Gasteiger partial charge in [-0.2, -0.15) is 11.8 Å². The number of benzene rings is 1. The zero-order chi connectivity index (χ0) is 13.8. The van der Waals surface area contributed by atoms with Crippen molar-refractivity contribution in [3.63, 3.8) is 0 Å². The minimum absolute atomic E-state index is 0.0422. The molecule has 3 nitrogen and oxygen atoms in total. The molecule has 1 atom stereocenters. The van der Waals surface area contributed by atoms with Crippen LogP contribution in [0, 0.1) is 12.7 Å². The van der Waals surface area contributed by atoms with Gasteiger partial charge in [0.05, 0.1) is 6.42 Å². The van der Waals surface area contributed by atoms with Crippen molar-refractivity contribution in [1.82, 2.24) is 4.90 Å². The van der Waals surface area contributed by atoms with Gasteiger partial charge in [-0.25, -0.2) is 4.39 Å². The van der Waals surface area contributed by atoms with E-state index in [2.05, 4.69) is 4.90 Å². The lowest BCUT2D eigenvalue weighted by atomic mass is 10.1. The van der Waals surface area contributed by atoms with Gasteiger partial charge in [-0.3, -0.25) is 9.69 Å². The lowest BCUT2D eigenvalue weighted by molar-refractivity contribution is -0.138. The molecule has 1 saturated heterocycles. The second-order valence-corrected chi connectivity index (χ2v) is 6.03. The number of hydrogen-bond acceptors (Lipinski definition) is 3. The molecule has 0 bridgehead atoms.